The smallest absolute Gasteiger partial charge is 0.259 e. The number of nitrogens with zero attached hydrogens (tertiary/aromatic N) is 5. The van der Waals surface area contributed by atoms with Gasteiger partial charge in [0.1, 0.15) is 11.6 Å². The summed E-state index contributed by atoms with van der Waals surface area (Å²) < 4.78 is 30.3. The van der Waals surface area contributed by atoms with E-state index >= 15 is 0 Å². The fourth-order valence-electron chi connectivity index (χ4n) is 2.15. The van der Waals surface area contributed by atoms with E-state index in [0.717, 1.165) is 0 Å². The number of anilines is 1. The molecule has 3 aromatic rings. The van der Waals surface area contributed by atoms with Gasteiger partial charge in [-0.3, -0.25) is 0 Å². The monoisotopic (exact) mass is 361 g/mol. The van der Waals surface area contributed by atoms with Gasteiger partial charge in [-0.2, -0.15) is 0 Å². The summed E-state index contributed by atoms with van der Waals surface area (Å²) in [5, 5.41) is 11.2. The van der Waals surface area contributed by atoms with Gasteiger partial charge in [-0.15, -0.1) is 10.2 Å². The van der Waals surface area contributed by atoms with Crippen LogP contribution < -0.4 is 10.0 Å². The Hall–Kier alpha value is -2.72. The molecule has 0 atom stereocenters. The molecule has 0 aliphatic carbocycles. The first-order chi connectivity index (χ1) is 12.0. The average Bonchev–Trinajstić information content (AvgIpc) is 3.23. The highest BCUT2D eigenvalue weighted by Crippen LogP contribution is 2.08. The summed E-state index contributed by atoms with van der Waals surface area (Å²) in [6.45, 7) is 2.33. The maximum atomic E-state index is 12.1. The predicted molar refractivity (Wildman–Crippen MR) is 93.0 cm³/mol. The van der Waals surface area contributed by atoms with Crippen molar-refractivity contribution >= 4 is 15.8 Å². The molecule has 0 bridgehead atoms. The van der Waals surface area contributed by atoms with Crippen molar-refractivity contribution in [1.29, 1.82) is 0 Å². The van der Waals surface area contributed by atoms with Crippen molar-refractivity contribution in [2.75, 3.05) is 18.4 Å². The summed E-state index contributed by atoms with van der Waals surface area (Å²) in [5.41, 5.74) is 0. The maximum absolute atomic E-state index is 12.1. The van der Waals surface area contributed by atoms with Gasteiger partial charge in [0.05, 0.1) is 0 Å². The zero-order chi connectivity index (χ0) is 17.9. The summed E-state index contributed by atoms with van der Waals surface area (Å²) in [4.78, 5) is 4.02. The zero-order valence-electron chi connectivity index (χ0n) is 13.9. The second-order valence-electron chi connectivity index (χ2n) is 5.43. The molecule has 0 saturated heterocycles. The Balaban J connectivity index is 1.51. The number of hydrogen-bond acceptors (Lipinski definition) is 6. The summed E-state index contributed by atoms with van der Waals surface area (Å²) in [5.74, 6) is 1.92. The Morgan fingerprint density at radius 2 is 1.88 bits per heavy atom. The van der Waals surface area contributed by atoms with E-state index in [1.165, 1.54) is 6.20 Å². The van der Waals surface area contributed by atoms with Gasteiger partial charge < -0.3 is 14.5 Å². The molecule has 0 spiro atoms. The molecule has 0 unspecified atom stereocenters. The molecule has 3 rings (SSSR count). The third-order valence-electron chi connectivity index (χ3n) is 3.60. The van der Waals surface area contributed by atoms with Gasteiger partial charge in [0.15, 0.2) is 10.8 Å². The van der Waals surface area contributed by atoms with Gasteiger partial charge in [-0.1, -0.05) is 0 Å². The summed E-state index contributed by atoms with van der Waals surface area (Å²) in [6, 6.07) is 7.43. The first kappa shape index (κ1) is 17.1. The van der Waals surface area contributed by atoms with Crippen molar-refractivity contribution in [1.82, 2.24) is 29.0 Å². The van der Waals surface area contributed by atoms with Crippen molar-refractivity contribution in [3.63, 3.8) is 0 Å². The molecule has 10 heteroatoms. The molecule has 3 heterocycles. The number of sulfonamides is 1. The lowest BCUT2D eigenvalue weighted by Gasteiger charge is -2.07. The SMILES string of the molecule is Cc1nc(S(=O)(=O)NCCNc2ccc(-n3cccc3)nn2)cn1C. The molecule has 9 nitrogen and oxygen atoms in total. The molecule has 3 aromatic heterocycles. The molecule has 0 fully saturated rings. The first-order valence-electron chi connectivity index (χ1n) is 7.66. The Morgan fingerprint density at radius 3 is 2.48 bits per heavy atom. The Morgan fingerprint density at radius 1 is 1.12 bits per heavy atom. The first-order valence-corrected chi connectivity index (χ1v) is 9.14. The molecule has 0 aliphatic heterocycles. The van der Waals surface area contributed by atoms with Gasteiger partial charge in [0.25, 0.3) is 10.0 Å². The lowest BCUT2D eigenvalue weighted by molar-refractivity contribution is 0.579. The van der Waals surface area contributed by atoms with E-state index in [1.807, 2.05) is 35.2 Å². The van der Waals surface area contributed by atoms with Crippen molar-refractivity contribution in [3.8, 4) is 5.82 Å². The molecular formula is C15H19N7O2S. The van der Waals surface area contributed by atoms with Crippen LogP contribution in [0.5, 0.6) is 0 Å². The highest BCUT2D eigenvalue weighted by Gasteiger charge is 2.17. The fraction of sp³-hybridized carbons (Fsp3) is 0.267. The van der Waals surface area contributed by atoms with Crippen LogP contribution in [0.2, 0.25) is 0 Å². The van der Waals surface area contributed by atoms with Crippen LogP contribution in [0, 0.1) is 6.92 Å². The van der Waals surface area contributed by atoms with E-state index < -0.39 is 10.0 Å². The Labute approximate surface area is 145 Å². The van der Waals surface area contributed by atoms with Gasteiger partial charge in [0, 0.05) is 38.7 Å². The maximum Gasteiger partial charge on any atom is 0.259 e. The molecule has 0 radical (unpaired) electrons. The second kappa shape index (κ2) is 7.03. The molecule has 0 amide bonds. The van der Waals surface area contributed by atoms with Crippen LogP contribution in [0.25, 0.3) is 5.82 Å². The second-order valence-corrected chi connectivity index (χ2v) is 7.14. The molecule has 132 valence electrons. The van der Waals surface area contributed by atoms with E-state index in [1.54, 1.807) is 24.6 Å². The van der Waals surface area contributed by atoms with Crippen LogP contribution in [-0.4, -0.2) is 45.8 Å². The summed E-state index contributed by atoms with van der Waals surface area (Å²) in [6.07, 6.45) is 5.24. The number of imidazole rings is 1. The lowest BCUT2D eigenvalue weighted by atomic mass is 10.5. The fourth-order valence-corrected chi connectivity index (χ4v) is 3.22. The lowest BCUT2D eigenvalue weighted by Crippen LogP contribution is -2.29. The van der Waals surface area contributed by atoms with E-state index in [2.05, 4.69) is 25.2 Å². The van der Waals surface area contributed by atoms with E-state index in [0.29, 0.717) is 24.0 Å². The van der Waals surface area contributed by atoms with Crippen LogP contribution in [-0.2, 0) is 17.1 Å². The average molecular weight is 361 g/mol. The minimum Gasteiger partial charge on any atom is -0.367 e. The molecule has 0 aliphatic rings. The number of aryl methyl sites for hydroxylation is 2. The van der Waals surface area contributed by atoms with Gasteiger partial charge >= 0.3 is 0 Å². The molecule has 25 heavy (non-hydrogen) atoms. The number of hydrogen-bond donors (Lipinski definition) is 2. The van der Waals surface area contributed by atoms with Crippen molar-refractivity contribution < 1.29 is 8.42 Å². The minimum absolute atomic E-state index is 0.0170. The minimum atomic E-state index is -3.61. The molecule has 0 saturated carbocycles. The standard InChI is InChI=1S/C15H19N7O2S/c1-12-18-15(11-21(12)2)25(23,24)17-8-7-16-13-5-6-14(20-19-13)22-9-3-4-10-22/h3-6,9-11,17H,7-8H2,1-2H3,(H,16,19). The van der Waals surface area contributed by atoms with Crippen molar-refractivity contribution in [2.24, 2.45) is 7.05 Å². The van der Waals surface area contributed by atoms with Crippen LogP contribution in [0.3, 0.4) is 0 Å². The third kappa shape index (κ3) is 4.03. The quantitative estimate of drug-likeness (QED) is 0.600. The molecule has 0 aromatic carbocycles. The van der Waals surface area contributed by atoms with Crippen LogP contribution >= 0.6 is 0 Å². The van der Waals surface area contributed by atoms with Crippen molar-refractivity contribution in [2.45, 2.75) is 11.9 Å². The highest BCUT2D eigenvalue weighted by atomic mass is 32.2. The van der Waals surface area contributed by atoms with Crippen LogP contribution in [0.15, 0.2) is 47.9 Å². The van der Waals surface area contributed by atoms with Crippen molar-refractivity contribution in [3.05, 3.63) is 48.7 Å². The van der Waals surface area contributed by atoms with Gasteiger partial charge in [-0.05, 0) is 31.2 Å². The van der Waals surface area contributed by atoms with Gasteiger partial charge in [0.2, 0.25) is 0 Å². The number of nitrogens with one attached hydrogen (secondary N) is 2. The topological polar surface area (TPSA) is 107 Å². The van der Waals surface area contributed by atoms with E-state index in [9.17, 15) is 8.42 Å². The predicted octanol–water partition coefficient (Wildman–Crippen LogP) is 0.700. The Kier molecular flexibility index (Phi) is 4.81. The summed E-state index contributed by atoms with van der Waals surface area (Å²) in [7, 11) is -1.87. The van der Waals surface area contributed by atoms with Crippen LogP contribution in [0.1, 0.15) is 5.82 Å². The third-order valence-corrected chi connectivity index (χ3v) is 4.94. The van der Waals surface area contributed by atoms with Gasteiger partial charge in [-0.25, -0.2) is 18.1 Å². The largest absolute Gasteiger partial charge is 0.367 e. The zero-order valence-corrected chi connectivity index (χ0v) is 14.7. The number of rotatable bonds is 7. The molecular weight excluding hydrogens is 342 g/mol. The van der Waals surface area contributed by atoms with Crippen LogP contribution in [0.4, 0.5) is 5.82 Å². The van der Waals surface area contributed by atoms with E-state index in [4.69, 9.17) is 0 Å². The summed E-state index contributed by atoms with van der Waals surface area (Å²) >= 11 is 0. The normalized spacial score (nSPS) is 11.6. The highest BCUT2D eigenvalue weighted by molar-refractivity contribution is 7.89. The molecule has 2 N–H and O–H groups in total. The Bertz CT molecular complexity index is 911. The number of aromatic nitrogens is 5. The van der Waals surface area contributed by atoms with E-state index in [-0.39, 0.29) is 11.6 Å².